The Labute approximate surface area is 123 Å². The highest BCUT2D eigenvalue weighted by atomic mass is 16.5. The van der Waals surface area contributed by atoms with Crippen molar-refractivity contribution < 1.29 is 4.74 Å². The molecule has 0 aliphatic rings. The standard InChI is InChI=1S/C17H15N3O/c18-13-10-14(12-19-11-13)20-16-8-4-5-9-17(16)21-15-6-2-1-3-7-15/h1-12,20H,18H2. The molecular weight excluding hydrogens is 262 g/mol. The SMILES string of the molecule is Nc1cncc(Nc2ccccc2Oc2ccccc2)c1. The average Bonchev–Trinajstić information content (AvgIpc) is 2.50. The summed E-state index contributed by atoms with van der Waals surface area (Å²) in [5, 5.41) is 3.27. The molecule has 104 valence electrons. The number of nitrogens with two attached hydrogens (primary N) is 1. The Bertz CT molecular complexity index is 729. The lowest BCUT2D eigenvalue weighted by Crippen LogP contribution is -1.96. The molecule has 1 heterocycles. The first kappa shape index (κ1) is 13.0. The maximum atomic E-state index is 5.90. The molecule has 4 nitrogen and oxygen atoms in total. The highest BCUT2D eigenvalue weighted by Gasteiger charge is 2.05. The molecule has 0 saturated carbocycles. The predicted molar refractivity (Wildman–Crippen MR) is 84.9 cm³/mol. The van der Waals surface area contributed by atoms with Crippen LogP contribution >= 0.6 is 0 Å². The molecule has 1 aromatic heterocycles. The van der Waals surface area contributed by atoms with Crippen molar-refractivity contribution in [2.45, 2.75) is 0 Å². The summed E-state index contributed by atoms with van der Waals surface area (Å²) in [6.07, 6.45) is 3.33. The van der Waals surface area contributed by atoms with Crippen molar-refractivity contribution in [3.63, 3.8) is 0 Å². The molecule has 21 heavy (non-hydrogen) atoms. The smallest absolute Gasteiger partial charge is 0.150 e. The lowest BCUT2D eigenvalue weighted by Gasteiger charge is -2.13. The van der Waals surface area contributed by atoms with Gasteiger partial charge in [-0.3, -0.25) is 4.98 Å². The van der Waals surface area contributed by atoms with E-state index in [1.165, 1.54) is 0 Å². The second kappa shape index (κ2) is 5.96. The van der Waals surface area contributed by atoms with Gasteiger partial charge >= 0.3 is 0 Å². The maximum Gasteiger partial charge on any atom is 0.150 e. The first-order valence-electron chi connectivity index (χ1n) is 6.61. The lowest BCUT2D eigenvalue weighted by atomic mass is 10.2. The zero-order valence-electron chi connectivity index (χ0n) is 11.4. The second-order valence-corrected chi connectivity index (χ2v) is 4.54. The molecule has 0 spiro atoms. The molecule has 2 aromatic carbocycles. The van der Waals surface area contributed by atoms with Crippen molar-refractivity contribution in [1.82, 2.24) is 4.98 Å². The lowest BCUT2D eigenvalue weighted by molar-refractivity contribution is 0.485. The minimum atomic E-state index is 0.612. The zero-order chi connectivity index (χ0) is 14.5. The van der Waals surface area contributed by atoms with Gasteiger partial charge in [0.2, 0.25) is 0 Å². The maximum absolute atomic E-state index is 5.90. The Hall–Kier alpha value is -3.01. The molecule has 0 unspecified atom stereocenters. The van der Waals surface area contributed by atoms with Gasteiger partial charge in [0.15, 0.2) is 5.75 Å². The van der Waals surface area contributed by atoms with Crippen LogP contribution < -0.4 is 15.8 Å². The van der Waals surface area contributed by atoms with Crippen LogP contribution in [0.15, 0.2) is 73.1 Å². The van der Waals surface area contributed by atoms with E-state index in [0.717, 1.165) is 22.9 Å². The fourth-order valence-electron chi connectivity index (χ4n) is 1.96. The second-order valence-electron chi connectivity index (χ2n) is 4.54. The van der Waals surface area contributed by atoms with Crippen LogP contribution in [-0.2, 0) is 0 Å². The minimum absolute atomic E-state index is 0.612. The number of nitrogen functional groups attached to an aromatic ring is 1. The molecule has 0 radical (unpaired) electrons. The van der Waals surface area contributed by atoms with Gasteiger partial charge in [-0.2, -0.15) is 0 Å². The van der Waals surface area contributed by atoms with E-state index in [2.05, 4.69) is 10.3 Å². The van der Waals surface area contributed by atoms with Crippen LogP contribution in [0, 0.1) is 0 Å². The number of anilines is 3. The van der Waals surface area contributed by atoms with Crippen LogP contribution in [0.3, 0.4) is 0 Å². The van der Waals surface area contributed by atoms with E-state index in [0.29, 0.717) is 5.69 Å². The summed E-state index contributed by atoms with van der Waals surface area (Å²) in [4.78, 5) is 4.07. The molecule has 0 amide bonds. The predicted octanol–water partition coefficient (Wildman–Crippen LogP) is 4.20. The molecular formula is C17H15N3O. The summed E-state index contributed by atoms with van der Waals surface area (Å²) in [7, 11) is 0. The highest BCUT2D eigenvalue weighted by Crippen LogP contribution is 2.31. The van der Waals surface area contributed by atoms with Crippen molar-refractivity contribution in [1.29, 1.82) is 0 Å². The van der Waals surface area contributed by atoms with Gasteiger partial charge in [-0.15, -0.1) is 0 Å². The van der Waals surface area contributed by atoms with E-state index < -0.39 is 0 Å². The van der Waals surface area contributed by atoms with Crippen molar-refractivity contribution in [3.8, 4) is 11.5 Å². The third-order valence-corrected chi connectivity index (χ3v) is 2.90. The first-order chi connectivity index (χ1) is 10.3. The van der Waals surface area contributed by atoms with Gasteiger partial charge in [0.1, 0.15) is 5.75 Å². The molecule has 3 N–H and O–H groups in total. The first-order valence-corrected chi connectivity index (χ1v) is 6.61. The van der Waals surface area contributed by atoms with Crippen molar-refractivity contribution >= 4 is 17.1 Å². The number of nitrogens with zero attached hydrogens (tertiary/aromatic N) is 1. The van der Waals surface area contributed by atoms with Crippen molar-refractivity contribution in [3.05, 3.63) is 73.1 Å². The Balaban J connectivity index is 1.86. The monoisotopic (exact) mass is 277 g/mol. The van der Waals surface area contributed by atoms with Crippen LogP contribution in [0.4, 0.5) is 17.1 Å². The Kier molecular flexibility index (Phi) is 3.69. The van der Waals surface area contributed by atoms with E-state index >= 15 is 0 Å². The van der Waals surface area contributed by atoms with Gasteiger partial charge < -0.3 is 15.8 Å². The molecule has 0 saturated heterocycles. The molecule has 0 aliphatic heterocycles. The van der Waals surface area contributed by atoms with Gasteiger partial charge in [0.05, 0.1) is 23.3 Å². The molecule has 3 rings (SSSR count). The van der Waals surface area contributed by atoms with Gasteiger partial charge in [0, 0.05) is 6.20 Å². The third kappa shape index (κ3) is 3.30. The average molecular weight is 277 g/mol. The summed E-state index contributed by atoms with van der Waals surface area (Å²) >= 11 is 0. The van der Waals surface area contributed by atoms with Gasteiger partial charge in [0.25, 0.3) is 0 Å². The Morgan fingerprint density at radius 2 is 1.67 bits per heavy atom. The molecule has 0 atom stereocenters. The molecule has 3 aromatic rings. The largest absolute Gasteiger partial charge is 0.455 e. The summed E-state index contributed by atoms with van der Waals surface area (Å²) in [5.74, 6) is 1.53. The van der Waals surface area contributed by atoms with Crippen molar-refractivity contribution in [2.24, 2.45) is 0 Å². The fourth-order valence-corrected chi connectivity index (χ4v) is 1.96. The van der Waals surface area contributed by atoms with Crippen molar-refractivity contribution in [2.75, 3.05) is 11.1 Å². The van der Waals surface area contributed by atoms with Crippen LogP contribution in [0.25, 0.3) is 0 Å². The molecule has 0 fully saturated rings. The number of pyridine rings is 1. The van der Waals surface area contributed by atoms with Gasteiger partial charge in [-0.05, 0) is 30.3 Å². The van der Waals surface area contributed by atoms with Crippen LogP contribution in [-0.4, -0.2) is 4.98 Å². The number of aromatic nitrogens is 1. The van der Waals surface area contributed by atoms with E-state index in [9.17, 15) is 0 Å². The Morgan fingerprint density at radius 3 is 2.48 bits per heavy atom. The number of rotatable bonds is 4. The normalized spacial score (nSPS) is 10.1. The zero-order valence-corrected chi connectivity index (χ0v) is 11.4. The van der Waals surface area contributed by atoms with Crippen LogP contribution in [0.5, 0.6) is 11.5 Å². The minimum Gasteiger partial charge on any atom is -0.455 e. The topological polar surface area (TPSA) is 60.2 Å². The third-order valence-electron chi connectivity index (χ3n) is 2.90. The van der Waals surface area contributed by atoms with Crippen LogP contribution in [0.1, 0.15) is 0 Å². The number of benzene rings is 2. The Morgan fingerprint density at radius 1 is 0.905 bits per heavy atom. The summed E-state index contributed by atoms with van der Waals surface area (Å²) in [5.41, 5.74) is 8.03. The van der Waals surface area contributed by atoms with E-state index in [1.54, 1.807) is 12.4 Å². The molecule has 0 aliphatic carbocycles. The number of para-hydroxylation sites is 3. The number of ether oxygens (including phenoxy) is 1. The number of nitrogens with one attached hydrogen (secondary N) is 1. The number of hydrogen-bond donors (Lipinski definition) is 2. The summed E-state index contributed by atoms with van der Waals surface area (Å²) in [6.45, 7) is 0. The quantitative estimate of drug-likeness (QED) is 0.750. The molecule has 0 bridgehead atoms. The van der Waals surface area contributed by atoms with Gasteiger partial charge in [-0.1, -0.05) is 30.3 Å². The van der Waals surface area contributed by atoms with E-state index in [1.807, 2.05) is 60.7 Å². The van der Waals surface area contributed by atoms with Gasteiger partial charge in [-0.25, -0.2) is 0 Å². The highest BCUT2D eigenvalue weighted by molar-refractivity contribution is 5.67. The van der Waals surface area contributed by atoms with E-state index in [4.69, 9.17) is 10.5 Å². The summed E-state index contributed by atoms with van der Waals surface area (Å²) in [6, 6.07) is 19.2. The fraction of sp³-hybridized carbons (Fsp3) is 0. The van der Waals surface area contributed by atoms with E-state index in [-0.39, 0.29) is 0 Å². The number of hydrogen-bond acceptors (Lipinski definition) is 4. The summed E-state index contributed by atoms with van der Waals surface area (Å²) < 4.78 is 5.90. The van der Waals surface area contributed by atoms with Crippen LogP contribution in [0.2, 0.25) is 0 Å². The molecule has 4 heteroatoms.